The fraction of sp³-hybridized carbons (Fsp3) is 0.647. The van der Waals surface area contributed by atoms with E-state index in [4.69, 9.17) is 0 Å². The van der Waals surface area contributed by atoms with Crippen LogP contribution < -0.4 is 4.90 Å². The second-order valence-electron chi connectivity index (χ2n) is 6.55. The van der Waals surface area contributed by atoms with Gasteiger partial charge in [-0.25, -0.2) is 0 Å². The summed E-state index contributed by atoms with van der Waals surface area (Å²) in [5, 5.41) is 0. The van der Waals surface area contributed by atoms with Gasteiger partial charge in [-0.3, -0.25) is 0 Å². The van der Waals surface area contributed by atoms with Gasteiger partial charge in [0.15, 0.2) is 0 Å². The first-order valence-electron chi connectivity index (χ1n) is 7.67. The van der Waals surface area contributed by atoms with E-state index in [-0.39, 0.29) is 0 Å². The van der Waals surface area contributed by atoms with Crippen LogP contribution >= 0.6 is 0 Å². The van der Waals surface area contributed by atoms with Gasteiger partial charge in [0.1, 0.15) is 0 Å². The van der Waals surface area contributed by atoms with Crippen molar-refractivity contribution in [2.24, 2.45) is 11.8 Å². The number of nitrogens with zero attached hydrogens (tertiary/aromatic N) is 1. The lowest BCUT2D eigenvalue weighted by Crippen LogP contribution is -2.38. The van der Waals surface area contributed by atoms with Crippen molar-refractivity contribution >= 4 is 5.69 Å². The third kappa shape index (κ3) is 1.23. The average molecular weight is 241 g/mol. The first kappa shape index (κ1) is 10.9. The van der Waals surface area contributed by atoms with Crippen molar-refractivity contribution in [2.75, 3.05) is 11.4 Å². The van der Waals surface area contributed by atoms with Crippen molar-refractivity contribution in [3.63, 3.8) is 0 Å². The quantitative estimate of drug-likeness (QED) is 0.753. The molecule has 2 unspecified atom stereocenters. The van der Waals surface area contributed by atoms with Crippen LogP contribution in [0.25, 0.3) is 0 Å². The van der Waals surface area contributed by atoms with Crippen molar-refractivity contribution in [1.82, 2.24) is 0 Å². The molecule has 1 aromatic carbocycles. The molecule has 1 heterocycles. The van der Waals surface area contributed by atoms with Crippen LogP contribution in [0.1, 0.15) is 49.7 Å². The van der Waals surface area contributed by atoms with E-state index in [0.29, 0.717) is 0 Å². The zero-order valence-electron chi connectivity index (χ0n) is 11.5. The third-order valence-electron chi connectivity index (χ3n) is 5.64. The monoisotopic (exact) mass is 241 g/mol. The van der Waals surface area contributed by atoms with E-state index >= 15 is 0 Å². The molecule has 3 aliphatic rings. The summed E-state index contributed by atoms with van der Waals surface area (Å²) in [6.45, 7) is 5.88. The standard InChI is InChI=1S/C17H23N/c1-3-9-18-14-6-4-5-11(2)15(14)16-12-7-8-13(10-12)17(16)18/h4-6,12-13,16-17H,3,7-10H2,1-2H3/t12?,13?,16-,17-/m1/s1. The van der Waals surface area contributed by atoms with Crippen molar-refractivity contribution in [3.8, 4) is 0 Å². The minimum absolute atomic E-state index is 0.847. The Morgan fingerprint density at radius 2 is 2.06 bits per heavy atom. The van der Waals surface area contributed by atoms with E-state index in [1.165, 1.54) is 37.8 Å². The molecule has 0 radical (unpaired) electrons. The Balaban J connectivity index is 1.85. The highest BCUT2D eigenvalue weighted by Gasteiger charge is 2.54. The van der Waals surface area contributed by atoms with Gasteiger partial charge in [-0.05, 0) is 61.6 Å². The van der Waals surface area contributed by atoms with E-state index in [1.54, 1.807) is 11.3 Å². The Labute approximate surface area is 110 Å². The molecular formula is C17H23N. The minimum Gasteiger partial charge on any atom is -0.367 e. The minimum atomic E-state index is 0.847. The first-order chi connectivity index (χ1) is 8.81. The maximum absolute atomic E-state index is 2.76. The summed E-state index contributed by atoms with van der Waals surface area (Å²) >= 11 is 0. The Kier molecular flexibility index (Phi) is 2.27. The largest absolute Gasteiger partial charge is 0.367 e. The van der Waals surface area contributed by atoms with Crippen LogP contribution in [0.2, 0.25) is 0 Å². The summed E-state index contributed by atoms with van der Waals surface area (Å²) in [7, 11) is 0. The van der Waals surface area contributed by atoms with Crippen LogP contribution in [-0.2, 0) is 0 Å². The van der Waals surface area contributed by atoms with Crippen molar-refractivity contribution in [2.45, 2.75) is 51.5 Å². The highest BCUT2D eigenvalue weighted by Crippen LogP contribution is 2.61. The fourth-order valence-electron chi connectivity index (χ4n) is 5.14. The maximum atomic E-state index is 2.76. The normalized spacial score (nSPS) is 36.0. The van der Waals surface area contributed by atoms with Crippen LogP contribution in [0, 0.1) is 18.8 Å². The smallest absolute Gasteiger partial charge is 0.0407 e. The Morgan fingerprint density at radius 1 is 1.22 bits per heavy atom. The molecule has 0 aromatic heterocycles. The van der Waals surface area contributed by atoms with Crippen LogP contribution in [0.3, 0.4) is 0 Å². The molecule has 96 valence electrons. The van der Waals surface area contributed by atoms with Crippen molar-refractivity contribution in [3.05, 3.63) is 29.3 Å². The zero-order valence-corrected chi connectivity index (χ0v) is 11.5. The summed E-state index contributed by atoms with van der Waals surface area (Å²) in [5.74, 6) is 2.84. The van der Waals surface area contributed by atoms with Crippen molar-refractivity contribution in [1.29, 1.82) is 0 Å². The lowest BCUT2D eigenvalue weighted by atomic mass is 9.81. The van der Waals surface area contributed by atoms with Gasteiger partial charge in [0.25, 0.3) is 0 Å². The molecule has 0 amide bonds. The molecule has 0 saturated heterocycles. The molecule has 18 heavy (non-hydrogen) atoms. The number of aryl methyl sites for hydroxylation is 1. The molecule has 2 aliphatic carbocycles. The fourth-order valence-corrected chi connectivity index (χ4v) is 5.14. The van der Waals surface area contributed by atoms with E-state index in [9.17, 15) is 0 Å². The number of hydrogen-bond donors (Lipinski definition) is 0. The molecule has 1 nitrogen and oxygen atoms in total. The number of fused-ring (bicyclic) bond motifs is 7. The molecule has 2 fully saturated rings. The SMILES string of the molecule is CCCN1c2cccc(C)c2[C@H]2C3CCC(C3)[C@H]21. The number of rotatable bonds is 2. The summed E-state index contributed by atoms with van der Waals surface area (Å²) in [6, 6.07) is 7.78. The van der Waals surface area contributed by atoms with Gasteiger partial charge < -0.3 is 4.90 Å². The highest BCUT2D eigenvalue weighted by molar-refractivity contribution is 5.66. The van der Waals surface area contributed by atoms with Crippen LogP contribution in [-0.4, -0.2) is 12.6 Å². The number of hydrogen-bond acceptors (Lipinski definition) is 1. The second-order valence-corrected chi connectivity index (χ2v) is 6.55. The molecule has 4 rings (SSSR count). The van der Waals surface area contributed by atoms with Crippen LogP contribution in [0.15, 0.2) is 18.2 Å². The van der Waals surface area contributed by atoms with Gasteiger partial charge in [0.05, 0.1) is 0 Å². The first-order valence-corrected chi connectivity index (χ1v) is 7.67. The number of anilines is 1. The van der Waals surface area contributed by atoms with Gasteiger partial charge in [-0.2, -0.15) is 0 Å². The van der Waals surface area contributed by atoms with E-state index in [2.05, 4.69) is 36.9 Å². The van der Waals surface area contributed by atoms with Crippen molar-refractivity contribution < 1.29 is 0 Å². The van der Waals surface area contributed by atoms with Gasteiger partial charge >= 0.3 is 0 Å². The molecular weight excluding hydrogens is 218 g/mol. The van der Waals surface area contributed by atoms with Gasteiger partial charge in [-0.1, -0.05) is 19.1 Å². The molecule has 1 aliphatic heterocycles. The summed E-state index contributed by atoms with van der Waals surface area (Å²) in [6.07, 6.45) is 5.75. The second kappa shape index (κ2) is 3.76. The average Bonchev–Trinajstić information content (AvgIpc) is 3.02. The molecule has 1 aromatic rings. The van der Waals surface area contributed by atoms with Gasteiger partial charge in [-0.15, -0.1) is 0 Å². The van der Waals surface area contributed by atoms with E-state index in [0.717, 1.165) is 23.8 Å². The number of benzene rings is 1. The van der Waals surface area contributed by atoms with Crippen LogP contribution in [0.5, 0.6) is 0 Å². The topological polar surface area (TPSA) is 3.24 Å². The lowest BCUT2D eigenvalue weighted by molar-refractivity contribution is 0.366. The third-order valence-corrected chi connectivity index (χ3v) is 5.64. The highest BCUT2D eigenvalue weighted by atomic mass is 15.2. The zero-order chi connectivity index (χ0) is 12.3. The Bertz CT molecular complexity index is 478. The lowest BCUT2D eigenvalue weighted by Gasteiger charge is -2.33. The van der Waals surface area contributed by atoms with Crippen LogP contribution in [0.4, 0.5) is 5.69 Å². The molecule has 2 saturated carbocycles. The van der Waals surface area contributed by atoms with Gasteiger partial charge in [0, 0.05) is 24.2 Å². The predicted octanol–water partition coefficient (Wildman–Crippen LogP) is 4.11. The summed E-state index contributed by atoms with van der Waals surface area (Å²) in [5.41, 5.74) is 4.82. The maximum Gasteiger partial charge on any atom is 0.0407 e. The predicted molar refractivity (Wildman–Crippen MR) is 76.2 cm³/mol. The molecule has 2 bridgehead atoms. The molecule has 1 heteroatoms. The van der Waals surface area contributed by atoms with E-state index < -0.39 is 0 Å². The molecule has 0 spiro atoms. The van der Waals surface area contributed by atoms with Gasteiger partial charge in [0.2, 0.25) is 0 Å². The molecule has 0 N–H and O–H groups in total. The molecule has 4 atom stereocenters. The Hall–Kier alpha value is -0.980. The van der Waals surface area contributed by atoms with E-state index in [1.807, 2.05) is 0 Å². The Morgan fingerprint density at radius 3 is 2.89 bits per heavy atom. The summed E-state index contributed by atoms with van der Waals surface area (Å²) < 4.78 is 0. The summed E-state index contributed by atoms with van der Waals surface area (Å²) in [4.78, 5) is 2.76.